The van der Waals surface area contributed by atoms with Crippen molar-refractivity contribution in [1.29, 1.82) is 0 Å². The summed E-state index contributed by atoms with van der Waals surface area (Å²) in [5, 5.41) is 0. The van der Waals surface area contributed by atoms with Crippen LogP contribution in [-0.2, 0) is 6.54 Å². The van der Waals surface area contributed by atoms with E-state index in [0.29, 0.717) is 4.58 Å². The van der Waals surface area contributed by atoms with E-state index in [2.05, 4.69) is 139 Å². The van der Waals surface area contributed by atoms with Crippen molar-refractivity contribution >= 4 is 35.3 Å². The van der Waals surface area contributed by atoms with Crippen LogP contribution >= 0.6 is 23.5 Å². The maximum Gasteiger partial charge on any atom is 0.0613 e. The van der Waals surface area contributed by atoms with Crippen molar-refractivity contribution in [3.8, 4) is 0 Å². The fourth-order valence-electron chi connectivity index (χ4n) is 3.89. The first-order valence-electron chi connectivity index (χ1n) is 11.8. The van der Waals surface area contributed by atoms with Crippen LogP contribution in [-0.4, -0.2) is 11.1 Å². The molecular weight excluding hydrogens is 450 g/mol. The minimum atomic E-state index is 0.414. The monoisotopic (exact) mass is 481 g/mol. The standard InChI is InChI=1S/C31H31NS2/c1-2-14-27-17-12-13-22-30(27)32(25-26-15-6-3-7-16-26)24-23-31(33-28-18-8-4-9-19-28)34-29-20-10-5-11-21-29/h2-22,31H,23-25H2,1H3/b14-2+. The minimum absolute atomic E-state index is 0.414. The molecule has 0 aliphatic carbocycles. The minimum Gasteiger partial charge on any atom is -0.367 e. The Hall–Kier alpha value is -2.88. The predicted molar refractivity (Wildman–Crippen MR) is 152 cm³/mol. The van der Waals surface area contributed by atoms with Gasteiger partial charge in [-0.2, -0.15) is 0 Å². The number of para-hydroxylation sites is 1. The summed E-state index contributed by atoms with van der Waals surface area (Å²) in [6, 6.07) is 41.1. The lowest BCUT2D eigenvalue weighted by Gasteiger charge is -2.29. The van der Waals surface area contributed by atoms with Gasteiger partial charge in [0.1, 0.15) is 0 Å². The van der Waals surface area contributed by atoms with E-state index in [-0.39, 0.29) is 0 Å². The first-order valence-corrected chi connectivity index (χ1v) is 13.5. The summed E-state index contributed by atoms with van der Waals surface area (Å²) in [4.78, 5) is 5.18. The summed E-state index contributed by atoms with van der Waals surface area (Å²) in [6.45, 7) is 3.96. The van der Waals surface area contributed by atoms with Gasteiger partial charge in [0.25, 0.3) is 0 Å². The molecule has 0 bridgehead atoms. The SMILES string of the molecule is C/C=C/c1ccccc1N(CCC(Sc1ccccc1)Sc1ccccc1)Cc1ccccc1. The van der Waals surface area contributed by atoms with Crippen LogP contribution in [0.5, 0.6) is 0 Å². The second-order valence-corrected chi connectivity index (χ2v) is 10.9. The number of benzene rings is 4. The van der Waals surface area contributed by atoms with Gasteiger partial charge >= 0.3 is 0 Å². The van der Waals surface area contributed by atoms with Crippen molar-refractivity contribution in [2.75, 3.05) is 11.4 Å². The molecule has 4 aromatic carbocycles. The zero-order valence-corrected chi connectivity index (χ0v) is 21.2. The van der Waals surface area contributed by atoms with Gasteiger partial charge in [0.05, 0.1) is 4.58 Å². The maximum absolute atomic E-state index is 2.54. The molecule has 0 heterocycles. The molecule has 4 aromatic rings. The fraction of sp³-hybridized carbons (Fsp3) is 0.161. The molecule has 0 saturated carbocycles. The van der Waals surface area contributed by atoms with Crippen LogP contribution in [0.2, 0.25) is 0 Å². The summed E-state index contributed by atoms with van der Waals surface area (Å²) in [6.07, 6.45) is 5.40. The Bertz CT molecular complexity index is 1100. The topological polar surface area (TPSA) is 3.24 Å². The number of anilines is 1. The average Bonchev–Trinajstić information content (AvgIpc) is 2.89. The normalized spacial score (nSPS) is 11.2. The Kier molecular flexibility index (Phi) is 9.36. The zero-order valence-electron chi connectivity index (χ0n) is 19.6. The van der Waals surface area contributed by atoms with Crippen molar-refractivity contribution in [2.24, 2.45) is 0 Å². The molecule has 0 fully saturated rings. The van der Waals surface area contributed by atoms with Crippen molar-refractivity contribution in [2.45, 2.75) is 34.3 Å². The predicted octanol–water partition coefficient (Wildman–Crippen LogP) is 9.03. The van der Waals surface area contributed by atoms with Crippen LogP contribution in [0, 0.1) is 0 Å². The molecule has 4 rings (SSSR count). The highest BCUT2D eigenvalue weighted by Crippen LogP contribution is 2.38. The molecule has 0 aromatic heterocycles. The van der Waals surface area contributed by atoms with Gasteiger partial charge in [-0.3, -0.25) is 0 Å². The summed E-state index contributed by atoms with van der Waals surface area (Å²) in [5.41, 5.74) is 3.89. The van der Waals surface area contributed by atoms with Crippen molar-refractivity contribution in [3.63, 3.8) is 0 Å². The van der Waals surface area contributed by atoms with Crippen LogP contribution in [0.3, 0.4) is 0 Å². The van der Waals surface area contributed by atoms with Gasteiger partial charge in [0, 0.05) is 28.6 Å². The largest absolute Gasteiger partial charge is 0.367 e. The highest BCUT2D eigenvalue weighted by molar-refractivity contribution is 8.17. The van der Waals surface area contributed by atoms with E-state index in [4.69, 9.17) is 0 Å². The van der Waals surface area contributed by atoms with Crippen molar-refractivity contribution in [3.05, 3.63) is 132 Å². The van der Waals surface area contributed by atoms with Crippen LogP contribution < -0.4 is 4.90 Å². The quantitative estimate of drug-likeness (QED) is 0.155. The molecule has 3 heteroatoms. The fourth-order valence-corrected chi connectivity index (χ4v) is 6.43. The molecule has 0 unspecified atom stereocenters. The highest BCUT2D eigenvalue weighted by atomic mass is 32.2. The van der Waals surface area contributed by atoms with Crippen LogP contribution in [0.4, 0.5) is 5.69 Å². The van der Waals surface area contributed by atoms with Crippen molar-refractivity contribution in [1.82, 2.24) is 0 Å². The van der Waals surface area contributed by atoms with E-state index in [1.54, 1.807) is 0 Å². The van der Waals surface area contributed by atoms with Gasteiger partial charge in [-0.15, -0.1) is 23.5 Å². The summed E-state index contributed by atoms with van der Waals surface area (Å²) in [5.74, 6) is 0. The highest BCUT2D eigenvalue weighted by Gasteiger charge is 2.17. The van der Waals surface area contributed by atoms with E-state index in [0.717, 1.165) is 19.5 Å². The van der Waals surface area contributed by atoms with E-state index < -0.39 is 0 Å². The number of allylic oxidation sites excluding steroid dienone is 1. The van der Waals surface area contributed by atoms with Crippen LogP contribution in [0.25, 0.3) is 6.08 Å². The second-order valence-electron chi connectivity index (χ2n) is 8.05. The molecule has 1 nitrogen and oxygen atoms in total. The smallest absolute Gasteiger partial charge is 0.0613 e. The first-order chi connectivity index (χ1) is 16.8. The maximum atomic E-state index is 2.54. The Morgan fingerprint density at radius 2 is 1.21 bits per heavy atom. The second kappa shape index (κ2) is 13.1. The Morgan fingerprint density at radius 3 is 1.79 bits per heavy atom. The number of nitrogens with zero attached hydrogens (tertiary/aromatic N) is 1. The Balaban J connectivity index is 1.57. The van der Waals surface area contributed by atoms with E-state index in [1.165, 1.54) is 26.6 Å². The van der Waals surface area contributed by atoms with E-state index in [1.807, 2.05) is 23.5 Å². The van der Waals surface area contributed by atoms with E-state index >= 15 is 0 Å². The molecule has 0 radical (unpaired) electrons. The molecular formula is C31H31NS2. The van der Waals surface area contributed by atoms with E-state index in [9.17, 15) is 0 Å². The van der Waals surface area contributed by atoms with Gasteiger partial charge < -0.3 is 4.90 Å². The van der Waals surface area contributed by atoms with Gasteiger partial charge in [-0.25, -0.2) is 0 Å². The number of thioether (sulfide) groups is 2. The molecule has 34 heavy (non-hydrogen) atoms. The molecule has 0 spiro atoms. The molecule has 0 aliphatic heterocycles. The molecule has 0 amide bonds. The van der Waals surface area contributed by atoms with Gasteiger partial charge in [0.2, 0.25) is 0 Å². The van der Waals surface area contributed by atoms with Crippen molar-refractivity contribution < 1.29 is 0 Å². The number of hydrogen-bond donors (Lipinski definition) is 0. The third-order valence-electron chi connectivity index (χ3n) is 5.50. The Labute approximate surface area is 212 Å². The van der Waals surface area contributed by atoms with Gasteiger partial charge in [0.15, 0.2) is 0 Å². The molecule has 0 N–H and O–H groups in total. The molecule has 0 aliphatic rings. The first kappa shape index (κ1) is 24.3. The van der Waals surface area contributed by atoms with Gasteiger partial charge in [-0.05, 0) is 54.8 Å². The van der Waals surface area contributed by atoms with Crippen LogP contribution in [0.15, 0.2) is 131 Å². The molecule has 0 atom stereocenters. The summed E-state index contributed by atoms with van der Waals surface area (Å²) >= 11 is 3.93. The number of rotatable bonds is 11. The van der Waals surface area contributed by atoms with Gasteiger partial charge in [-0.1, -0.05) is 97.1 Å². The zero-order chi connectivity index (χ0) is 23.4. The lowest BCUT2D eigenvalue weighted by Crippen LogP contribution is -2.26. The Morgan fingerprint density at radius 1 is 0.676 bits per heavy atom. The third-order valence-corrected chi connectivity index (χ3v) is 8.16. The summed E-state index contributed by atoms with van der Waals surface area (Å²) in [7, 11) is 0. The number of hydrogen-bond acceptors (Lipinski definition) is 3. The van der Waals surface area contributed by atoms with Crippen LogP contribution in [0.1, 0.15) is 24.5 Å². The lowest BCUT2D eigenvalue weighted by molar-refractivity contribution is 0.761. The molecule has 172 valence electrons. The average molecular weight is 482 g/mol. The third kappa shape index (κ3) is 7.31. The molecule has 0 saturated heterocycles. The lowest BCUT2D eigenvalue weighted by atomic mass is 10.1. The summed E-state index contributed by atoms with van der Waals surface area (Å²) < 4.78 is 0.414.